The van der Waals surface area contributed by atoms with Crippen LogP contribution in [0.15, 0.2) is 47.6 Å². The Morgan fingerprint density at radius 1 is 1.17 bits per heavy atom. The summed E-state index contributed by atoms with van der Waals surface area (Å²) < 4.78 is 0. The van der Waals surface area contributed by atoms with Crippen LogP contribution in [0.25, 0.3) is 0 Å². The third-order valence-corrected chi connectivity index (χ3v) is 1.97. The summed E-state index contributed by atoms with van der Waals surface area (Å²) in [5, 5.41) is 0. The molecule has 0 nitrogen and oxygen atoms in total. The van der Waals surface area contributed by atoms with E-state index in [1.165, 1.54) is 16.7 Å². The fourth-order valence-electron chi connectivity index (χ4n) is 0.988. The highest BCUT2D eigenvalue weighted by Gasteiger charge is 1.94. The van der Waals surface area contributed by atoms with Crippen molar-refractivity contribution < 1.29 is 0 Å². The van der Waals surface area contributed by atoms with Gasteiger partial charge in [0, 0.05) is 0 Å². The summed E-state index contributed by atoms with van der Waals surface area (Å²) in [5.74, 6) is 0. The Kier molecular flexibility index (Phi) is 5.11. The predicted octanol–water partition coefficient (Wildman–Crippen LogP) is 4.03. The second kappa shape index (κ2) is 5.59. The van der Waals surface area contributed by atoms with Gasteiger partial charge >= 0.3 is 0 Å². The zero-order chi connectivity index (χ0) is 9.56. The first-order valence-corrected chi connectivity index (χ1v) is 4.23. The topological polar surface area (TPSA) is 0 Å². The van der Waals surface area contributed by atoms with Crippen molar-refractivity contribution in [3.05, 3.63) is 47.6 Å². The van der Waals surface area contributed by atoms with Crippen LogP contribution >= 0.6 is 0 Å². The number of hydrogen-bond donors (Lipinski definition) is 0. The van der Waals surface area contributed by atoms with E-state index in [0.29, 0.717) is 0 Å². The Balaban J connectivity index is 4.76. The van der Waals surface area contributed by atoms with Crippen molar-refractivity contribution in [2.45, 2.75) is 27.7 Å². The summed E-state index contributed by atoms with van der Waals surface area (Å²) in [5.41, 5.74) is 3.92. The molecule has 0 aromatic rings. The van der Waals surface area contributed by atoms with Crippen LogP contribution in [0.3, 0.4) is 0 Å². The number of rotatable bonds is 3. The Labute approximate surface area is 76.0 Å². The monoisotopic (exact) mass is 162 g/mol. The first-order chi connectivity index (χ1) is 5.63. The van der Waals surface area contributed by atoms with Crippen molar-refractivity contribution in [2.75, 3.05) is 0 Å². The van der Waals surface area contributed by atoms with Gasteiger partial charge in [-0.25, -0.2) is 0 Å². The summed E-state index contributed by atoms with van der Waals surface area (Å²) in [7, 11) is 0. The van der Waals surface area contributed by atoms with Crippen LogP contribution in [0.2, 0.25) is 0 Å². The predicted molar refractivity (Wildman–Crippen MR) is 57.1 cm³/mol. The lowest BCUT2D eigenvalue weighted by molar-refractivity contribution is 1.27. The molecule has 0 aromatic carbocycles. The molecule has 12 heavy (non-hydrogen) atoms. The highest BCUT2D eigenvalue weighted by atomic mass is 14.0. The van der Waals surface area contributed by atoms with Crippen LogP contribution in [0, 0.1) is 0 Å². The fourth-order valence-corrected chi connectivity index (χ4v) is 0.988. The Hall–Kier alpha value is -1.04. The summed E-state index contributed by atoms with van der Waals surface area (Å²) >= 11 is 0. The standard InChI is InChI=1S/C12H18/c1-6-8-10(3)12(5)11(4)9-7-2/h6-9H,1H2,2-5H3/b9-7+,10-8+,12-11+. The van der Waals surface area contributed by atoms with Crippen LogP contribution in [0.5, 0.6) is 0 Å². The van der Waals surface area contributed by atoms with E-state index in [2.05, 4.69) is 39.5 Å². The van der Waals surface area contributed by atoms with Gasteiger partial charge in [-0.2, -0.15) is 0 Å². The molecule has 0 atom stereocenters. The van der Waals surface area contributed by atoms with E-state index in [1.807, 2.05) is 19.1 Å². The second-order valence-electron chi connectivity index (χ2n) is 2.89. The molecule has 0 aliphatic carbocycles. The minimum atomic E-state index is 1.28. The minimum absolute atomic E-state index is 1.28. The molecule has 0 saturated heterocycles. The van der Waals surface area contributed by atoms with Gasteiger partial charge in [0.1, 0.15) is 0 Å². The van der Waals surface area contributed by atoms with Crippen molar-refractivity contribution in [1.82, 2.24) is 0 Å². The molecule has 0 spiro atoms. The zero-order valence-corrected chi connectivity index (χ0v) is 8.52. The van der Waals surface area contributed by atoms with Crippen molar-refractivity contribution in [3.63, 3.8) is 0 Å². The van der Waals surface area contributed by atoms with E-state index in [4.69, 9.17) is 0 Å². The molecule has 0 rings (SSSR count). The lowest BCUT2D eigenvalue weighted by atomic mass is 10.0. The van der Waals surface area contributed by atoms with Gasteiger partial charge in [-0.15, -0.1) is 0 Å². The third kappa shape index (κ3) is 3.38. The van der Waals surface area contributed by atoms with Gasteiger partial charge in [-0.05, 0) is 44.4 Å². The summed E-state index contributed by atoms with van der Waals surface area (Å²) in [6.45, 7) is 12.1. The van der Waals surface area contributed by atoms with Crippen molar-refractivity contribution >= 4 is 0 Å². The molecular weight excluding hydrogens is 144 g/mol. The molecule has 66 valence electrons. The first kappa shape index (κ1) is 11.0. The molecule has 0 heteroatoms. The molecule has 0 aliphatic heterocycles. The van der Waals surface area contributed by atoms with E-state index < -0.39 is 0 Å². The van der Waals surface area contributed by atoms with E-state index in [9.17, 15) is 0 Å². The van der Waals surface area contributed by atoms with Gasteiger partial charge in [0.25, 0.3) is 0 Å². The molecule has 0 aromatic heterocycles. The third-order valence-electron chi connectivity index (χ3n) is 1.97. The SMILES string of the molecule is C=C/C=C(C)/C(C)=C(C)/C=C/C. The normalized spacial score (nSPS) is 14.8. The maximum Gasteiger partial charge on any atom is -0.0392 e. The van der Waals surface area contributed by atoms with E-state index in [1.54, 1.807) is 0 Å². The van der Waals surface area contributed by atoms with Crippen molar-refractivity contribution in [1.29, 1.82) is 0 Å². The maximum atomic E-state index is 3.67. The minimum Gasteiger partial charge on any atom is -0.0991 e. The smallest absolute Gasteiger partial charge is 0.0392 e. The number of hydrogen-bond acceptors (Lipinski definition) is 0. The molecule has 0 saturated carbocycles. The Morgan fingerprint density at radius 2 is 1.75 bits per heavy atom. The van der Waals surface area contributed by atoms with Gasteiger partial charge < -0.3 is 0 Å². The Morgan fingerprint density at radius 3 is 2.17 bits per heavy atom. The quantitative estimate of drug-likeness (QED) is 0.549. The van der Waals surface area contributed by atoms with Crippen molar-refractivity contribution in [2.24, 2.45) is 0 Å². The molecule has 0 unspecified atom stereocenters. The summed E-state index contributed by atoms with van der Waals surface area (Å²) in [4.78, 5) is 0. The largest absolute Gasteiger partial charge is 0.0991 e. The molecule has 0 N–H and O–H groups in total. The second-order valence-corrected chi connectivity index (χ2v) is 2.89. The van der Waals surface area contributed by atoms with Gasteiger partial charge in [0.15, 0.2) is 0 Å². The molecule has 0 heterocycles. The highest BCUT2D eigenvalue weighted by molar-refractivity contribution is 5.37. The lowest BCUT2D eigenvalue weighted by Crippen LogP contribution is -1.82. The van der Waals surface area contributed by atoms with E-state index >= 15 is 0 Å². The molecule has 0 bridgehead atoms. The van der Waals surface area contributed by atoms with Gasteiger partial charge in [-0.1, -0.05) is 30.9 Å². The van der Waals surface area contributed by atoms with E-state index in [0.717, 1.165) is 0 Å². The molecule has 0 amide bonds. The maximum absolute atomic E-state index is 3.67. The molecular formula is C12H18. The van der Waals surface area contributed by atoms with Crippen LogP contribution in [0.1, 0.15) is 27.7 Å². The average molecular weight is 162 g/mol. The lowest BCUT2D eigenvalue weighted by Gasteiger charge is -2.03. The zero-order valence-electron chi connectivity index (χ0n) is 8.52. The van der Waals surface area contributed by atoms with Crippen LogP contribution in [-0.2, 0) is 0 Å². The number of allylic oxidation sites excluding steroid dienone is 7. The van der Waals surface area contributed by atoms with Gasteiger partial charge in [-0.3, -0.25) is 0 Å². The Bertz CT molecular complexity index is 237. The average Bonchev–Trinajstić information content (AvgIpc) is 2.04. The molecule has 0 aliphatic rings. The van der Waals surface area contributed by atoms with Crippen LogP contribution < -0.4 is 0 Å². The summed E-state index contributed by atoms with van der Waals surface area (Å²) in [6.07, 6.45) is 8.03. The fraction of sp³-hybridized carbons (Fsp3) is 0.333. The molecule has 0 radical (unpaired) electrons. The van der Waals surface area contributed by atoms with Gasteiger partial charge in [0.05, 0.1) is 0 Å². The van der Waals surface area contributed by atoms with Gasteiger partial charge in [0.2, 0.25) is 0 Å². The van der Waals surface area contributed by atoms with Crippen LogP contribution in [0.4, 0.5) is 0 Å². The van der Waals surface area contributed by atoms with Crippen molar-refractivity contribution in [3.8, 4) is 0 Å². The first-order valence-electron chi connectivity index (χ1n) is 4.23. The summed E-state index contributed by atoms with van der Waals surface area (Å²) in [6, 6.07) is 0. The van der Waals surface area contributed by atoms with Crippen LogP contribution in [-0.4, -0.2) is 0 Å². The molecule has 0 fully saturated rings. The highest BCUT2D eigenvalue weighted by Crippen LogP contribution is 2.14. The van der Waals surface area contributed by atoms with E-state index in [-0.39, 0.29) is 0 Å².